The van der Waals surface area contributed by atoms with Crippen LogP contribution in [0.25, 0.3) is 0 Å². The minimum atomic E-state index is -4.92. The zero-order valence-electron chi connectivity index (χ0n) is 17.1. The van der Waals surface area contributed by atoms with E-state index < -0.39 is 41.4 Å². The van der Waals surface area contributed by atoms with Gasteiger partial charge in [-0.05, 0) is 25.1 Å². The molecule has 1 N–H and O–H groups in total. The van der Waals surface area contributed by atoms with Crippen LogP contribution in [0.4, 0.5) is 13.2 Å². The second kappa shape index (κ2) is 10.9. The van der Waals surface area contributed by atoms with E-state index in [1.54, 1.807) is 4.98 Å². The lowest BCUT2D eigenvalue weighted by Crippen LogP contribution is -2.36. The summed E-state index contributed by atoms with van der Waals surface area (Å²) in [5, 5.41) is 0.405. The highest BCUT2D eigenvalue weighted by molar-refractivity contribution is 8.23. The van der Waals surface area contributed by atoms with Crippen LogP contribution in [0.15, 0.2) is 15.8 Å². The molecule has 2 aliphatic rings. The normalized spacial score (nSPS) is 24.2. The van der Waals surface area contributed by atoms with Crippen molar-refractivity contribution in [2.45, 2.75) is 68.4 Å². The Morgan fingerprint density at radius 2 is 2.06 bits per heavy atom. The molecular formula is C20H23F3N2O5S2. The first-order valence-corrected chi connectivity index (χ1v) is 11.4. The Labute approximate surface area is 192 Å². The zero-order chi connectivity index (χ0) is 23.3. The van der Waals surface area contributed by atoms with Crippen molar-refractivity contribution >= 4 is 28.4 Å². The van der Waals surface area contributed by atoms with Crippen molar-refractivity contribution in [3.63, 3.8) is 0 Å². The summed E-state index contributed by atoms with van der Waals surface area (Å²) in [7, 11) is 0. The highest BCUT2D eigenvalue weighted by Gasteiger charge is 2.40. The van der Waals surface area contributed by atoms with Crippen molar-refractivity contribution < 1.29 is 27.4 Å². The average molecular weight is 493 g/mol. The number of H-pyrrole nitrogens is 1. The molecule has 2 fully saturated rings. The quantitative estimate of drug-likeness (QED) is 0.482. The number of hydrogen-bond donors (Lipinski definition) is 1. The van der Waals surface area contributed by atoms with Crippen molar-refractivity contribution in [2.24, 2.45) is 0 Å². The van der Waals surface area contributed by atoms with E-state index in [-0.39, 0.29) is 19.6 Å². The third-order valence-electron chi connectivity index (χ3n) is 5.33. The van der Waals surface area contributed by atoms with Gasteiger partial charge in [0, 0.05) is 17.9 Å². The SMILES string of the molecule is C#CCO[C@H]1C[C@H](n2cc(C(F)(F)F)c(=O)[nH]c2=O)O[C@@H]1COC(=S)SC1CCCCC1. The number of aromatic nitrogens is 2. The first kappa shape index (κ1) is 24.8. The maximum Gasteiger partial charge on any atom is 0.423 e. The summed E-state index contributed by atoms with van der Waals surface area (Å²) in [6, 6.07) is 0. The van der Waals surface area contributed by atoms with Gasteiger partial charge < -0.3 is 14.2 Å². The lowest BCUT2D eigenvalue weighted by atomic mass is 10.0. The van der Waals surface area contributed by atoms with E-state index in [0.29, 0.717) is 20.4 Å². The highest BCUT2D eigenvalue weighted by atomic mass is 32.2. The molecular weight excluding hydrogens is 469 g/mol. The molecule has 1 aliphatic heterocycles. The van der Waals surface area contributed by atoms with Gasteiger partial charge in [-0.1, -0.05) is 36.9 Å². The fourth-order valence-electron chi connectivity index (χ4n) is 3.76. The molecule has 3 atom stereocenters. The maximum atomic E-state index is 13.1. The van der Waals surface area contributed by atoms with Gasteiger partial charge in [0.15, 0.2) is 0 Å². The van der Waals surface area contributed by atoms with Crippen LogP contribution in [-0.2, 0) is 20.4 Å². The minimum Gasteiger partial charge on any atom is -0.476 e. The molecule has 1 saturated heterocycles. The van der Waals surface area contributed by atoms with Gasteiger partial charge >= 0.3 is 11.9 Å². The molecule has 176 valence electrons. The van der Waals surface area contributed by atoms with Crippen molar-refractivity contribution in [2.75, 3.05) is 13.2 Å². The lowest BCUT2D eigenvalue weighted by molar-refractivity contribution is -0.139. The smallest absolute Gasteiger partial charge is 0.423 e. The number of hydrogen-bond acceptors (Lipinski definition) is 7. The van der Waals surface area contributed by atoms with Crippen LogP contribution in [0.5, 0.6) is 0 Å². The van der Waals surface area contributed by atoms with Gasteiger partial charge in [-0.25, -0.2) is 4.79 Å². The van der Waals surface area contributed by atoms with Crippen molar-refractivity contribution in [1.29, 1.82) is 0 Å². The summed E-state index contributed by atoms with van der Waals surface area (Å²) in [6.45, 7) is -0.0542. The number of nitrogens with one attached hydrogen (secondary N) is 1. The predicted octanol–water partition coefficient (Wildman–Crippen LogP) is 3.23. The van der Waals surface area contributed by atoms with Crippen LogP contribution in [0.3, 0.4) is 0 Å². The molecule has 1 aromatic heterocycles. The lowest BCUT2D eigenvalue weighted by Gasteiger charge is -2.22. The molecule has 0 bridgehead atoms. The van der Waals surface area contributed by atoms with Crippen LogP contribution in [0, 0.1) is 12.3 Å². The van der Waals surface area contributed by atoms with Crippen LogP contribution < -0.4 is 11.2 Å². The summed E-state index contributed by atoms with van der Waals surface area (Å²) >= 11 is 6.79. The number of rotatable bonds is 6. The molecule has 2 heterocycles. The molecule has 1 saturated carbocycles. The zero-order valence-corrected chi connectivity index (χ0v) is 18.7. The fraction of sp³-hybridized carbons (Fsp3) is 0.650. The molecule has 32 heavy (non-hydrogen) atoms. The van der Waals surface area contributed by atoms with E-state index in [1.807, 2.05) is 0 Å². The standard InChI is InChI=1S/C20H23F3N2O5S2/c1-2-8-28-14-9-16(25-10-13(20(21,22)23)17(26)24-18(25)27)30-15(14)11-29-19(31)32-12-6-4-3-5-7-12/h1,10,12,14-16H,3-9,11H2,(H,24,26,27)/t14-,15+,16+/m0/s1. The number of nitrogens with zero attached hydrogens (tertiary/aromatic N) is 1. The Morgan fingerprint density at radius 1 is 1.34 bits per heavy atom. The number of aromatic amines is 1. The molecule has 1 aromatic rings. The molecule has 1 aliphatic carbocycles. The number of halogens is 3. The van der Waals surface area contributed by atoms with E-state index in [9.17, 15) is 22.8 Å². The Balaban J connectivity index is 1.70. The van der Waals surface area contributed by atoms with E-state index in [4.69, 9.17) is 32.9 Å². The molecule has 0 spiro atoms. The van der Waals surface area contributed by atoms with Gasteiger partial charge in [0.05, 0.1) is 6.10 Å². The van der Waals surface area contributed by atoms with Crippen LogP contribution >= 0.6 is 24.0 Å². The second-order valence-electron chi connectivity index (χ2n) is 7.56. The van der Waals surface area contributed by atoms with Crippen molar-refractivity contribution in [1.82, 2.24) is 9.55 Å². The summed E-state index contributed by atoms with van der Waals surface area (Å²) in [6.07, 6.45) is 4.04. The molecule has 0 unspecified atom stereocenters. The summed E-state index contributed by atoms with van der Waals surface area (Å²) in [5.74, 6) is 2.32. The Kier molecular flexibility index (Phi) is 8.43. The first-order valence-electron chi connectivity index (χ1n) is 10.2. The number of thioether (sulfide) groups is 1. The minimum absolute atomic E-state index is 0.00543. The van der Waals surface area contributed by atoms with Crippen LogP contribution in [0.1, 0.15) is 50.3 Å². The summed E-state index contributed by atoms with van der Waals surface area (Å²) < 4.78 is 57.4. The highest BCUT2D eigenvalue weighted by Crippen LogP contribution is 2.33. The molecule has 0 aromatic carbocycles. The van der Waals surface area contributed by atoms with Crippen molar-refractivity contribution in [3.8, 4) is 12.3 Å². The number of terminal acetylenes is 1. The van der Waals surface area contributed by atoms with Gasteiger partial charge in [-0.3, -0.25) is 14.3 Å². The topological polar surface area (TPSA) is 82.6 Å². The van der Waals surface area contributed by atoms with Gasteiger partial charge in [0.2, 0.25) is 4.38 Å². The first-order chi connectivity index (χ1) is 15.2. The van der Waals surface area contributed by atoms with Gasteiger partial charge in [-0.2, -0.15) is 13.2 Å². The Morgan fingerprint density at radius 3 is 2.72 bits per heavy atom. The monoisotopic (exact) mass is 492 g/mol. The molecule has 3 rings (SSSR count). The van der Waals surface area contributed by atoms with Gasteiger partial charge in [-0.15, -0.1) is 6.42 Å². The number of alkyl halides is 3. The Bertz CT molecular complexity index is 966. The molecule has 12 heteroatoms. The predicted molar refractivity (Wildman–Crippen MR) is 116 cm³/mol. The molecule has 7 nitrogen and oxygen atoms in total. The van der Waals surface area contributed by atoms with Crippen molar-refractivity contribution in [3.05, 3.63) is 32.6 Å². The van der Waals surface area contributed by atoms with E-state index in [2.05, 4.69) is 5.92 Å². The molecule has 0 amide bonds. The average Bonchev–Trinajstić information content (AvgIpc) is 3.13. The summed E-state index contributed by atoms with van der Waals surface area (Å²) in [4.78, 5) is 25.4. The Hall–Kier alpha value is -1.81. The fourth-order valence-corrected chi connectivity index (χ4v) is 5.21. The maximum absolute atomic E-state index is 13.1. The second-order valence-corrected chi connectivity index (χ2v) is 9.47. The third-order valence-corrected chi connectivity index (χ3v) is 6.85. The van der Waals surface area contributed by atoms with E-state index >= 15 is 0 Å². The van der Waals surface area contributed by atoms with E-state index in [1.165, 1.54) is 18.2 Å². The summed E-state index contributed by atoms with van der Waals surface area (Å²) in [5.41, 5.74) is -4.03. The number of thiocarbonyl (C=S) groups is 1. The van der Waals surface area contributed by atoms with Gasteiger partial charge in [0.25, 0.3) is 5.56 Å². The van der Waals surface area contributed by atoms with E-state index in [0.717, 1.165) is 25.7 Å². The van der Waals surface area contributed by atoms with Gasteiger partial charge in [0.1, 0.15) is 31.1 Å². The van der Waals surface area contributed by atoms with Crippen LogP contribution in [-0.4, -0.2) is 44.6 Å². The number of ether oxygens (including phenoxy) is 3. The molecule has 0 radical (unpaired) electrons. The largest absolute Gasteiger partial charge is 0.476 e. The van der Waals surface area contributed by atoms with Crippen LogP contribution in [0.2, 0.25) is 0 Å². The third kappa shape index (κ3) is 6.37.